The van der Waals surface area contributed by atoms with Gasteiger partial charge in [0.15, 0.2) is 5.65 Å². The van der Waals surface area contributed by atoms with Crippen molar-refractivity contribution in [1.82, 2.24) is 19.9 Å². The molecule has 2 aromatic heterocycles. The number of fused-ring (bicyclic) bond motifs is 3. The van der Waals surface area contributed by atoms with E-state index in [9.17, 15) is 0 Å². The Balaban J connectivity index is 1.43. The second-order valence-corrected chi connectivity index (χ2v) is 6.23. The number of aromatic nitrogens is 3. The number of rotatable bonds is 3. The van der Waals surface area contributed by atoms with Crippen LogP contribution in [0.1, 0.15) is 11.4 Å². The highest BCUT2D eigenvalue weighted by Gasteiger charge is 2.17. The number of hydrogen-bond acceptors (Lipinski definition) is 3. The number of ether oxygens (including phenoxy) is 1. The number of H-pyrrole nitrogens is 1. The molecule has 124 valence electrons. The molecule has 0 amide bonds. The molecule has 5 heteroatoms. The highest BCUT2D eigenvalue weighted by Crippen LogP contribution is 2.27. The predicted molar refractivity (Wildman–Crippen MR) is 96.9 cm³/mol. The van der Waals surface area contributed by atoms with Crippen LogP contribution in [-0.4, -0.2) is 21.1 Å². The van der Waals surface area contributed by atoms with Crippen LogP contribution >= 0.6 is 0 Å². The summed E-state index contributed by atoms with van der Waals surface area (Å²) in [6.45, 7) is 1.86. The normalized spacial score (nSPS) is 13.8. The average Bonchev–Trinajstić information content (AvgIpc) is 3.21. The van der Waals surface area contributed by atoms with Crippen LogP contribution in [0.2, 0.25) is 0 Å². The van der Waals surface area contributed by atoms with Gasteiger partial charge >= 0.3 is 0 Å². The molecule has 5 rings (SSSR count). The number of hydrogen-bond donors (Lipinski definition) is 2. The summed E-state index contributed by atoms with van der Waals surface area (Å²) >= 11 is 0. The van der Waals surface area contributed by atoms with E-state index in [0.29, 0.717) is 0 Å². The summed E-state index contributed by atoms with van der Waals surface area (Å²) < 4.78 is 7.94. The van der Waals surface area contributed by atoms with Gasteiger partial charge < -0.3 is 10.1 Å². The molecule has 3 heterocycles. The molecule has 5 nitrogen and oxygen atoms in total. The smallest absolute Gasteiger partial charge is 0.154 e. The highest BCUT2D eigenvalue weighted by atomic mass is 16.5. The Bertz CT molecular complexity index is 1020. The third kappa shape index (κ3) is 2.58. The molecular formula is C20H18N4O. The van der Waals surface area contributed by atoms with Crippen molar-refractivity contribution in [1.29, 1.82) is 0 Å². The van der Waals surface area contributed by atoms with Crippen molar-refractivity contribution >= 4 is 5.65 Å². The minimum absolute atomic E-state index is 0.827. The van der Waals surface area contributed by atoms with Gasteiger partial charge in [-0.2, -0.15) is 0 Å². The van der Waals surface area contributed by atoms with Crippen LogP contribution < -0.4 is 10.1 Å². The van der Waals surface area contributed by atoms with Crippen LogP contribution in [0.5, 0.6) is 11.5 Å². The Kier molecular flexibility index (Phi) is 3.31. The second kappa shape index (κ2) is 5.79. The lowest BCUT2D eigenvalue weighted by Crippen LogP contribution is -2.24. The summed E-state index contributed by atoms with van der Waals surface area (Å²) in [6, 6.07) is 20.0. The van der Waals surface area contributed by atoms with Gasteiger partial charge in [-0.1, -0.05) is 18.2 Å². The van der Waals surface area contributed by atoms with Gasteiger partial charge in [0.1, 0.15) is 11.5 Å². The molecule has 1 aliphatic rings. The second-order valence-electron chi connectivity index (χ2n) is 6.23. The maximum atomic E-state index is 5.85. The molecular weight excluding hydrogens is 312 g/mol. The van der Waals surface area contributed by atoms with E-state index in [1.807, 2.05) is 42.5 Å². The molecule has 25 heavy (non-hydrogen) atoms. The third-order valence-corrected chi connectivity index (χ3v) is 4.56. The number of imidazole rings is 1. The first kappa shape index (κ1) is 14.3. The monoisotopic (exact) mass is 330 g/mol. The van der Waals surface area contributed by atoms with Gasteiger partial charge in [0, 0.05) is 25.6 Å². The van der Waals surface area contributed by atoms with Crippen LogP contribution in [0.4, 0.5) is 0 Å². The van der Waals surface area contributed by atoms with Crippen molar-refractivity contribution in [2.75, 3.05) is 6.54 Å². The van der Waals surface area contributed by atoms with Gasteiger partial charge in [-0.15, -0.1) is 0 Å². The predicted octanol–water partition coefficient (Wildman–Crippen LogP) is 3.77. The maximum absolute atomic E-state index is 5.85. The lowest BCUT2D eigenvalue weighted by molar-refractivity contribution is 0.483. The number of benzene rings is 2. The van der Waals surface area contributed by atoms with Gasteiger partial charge in [-0.3, -0.25) is 5.10 Å². The fraction of sp³-hybridized carbons (Fsp3) is 0.150. The van der Waals surface area contributed by atoms with E-state index in [-0.39, 0.29) is 0 Å². The van der Waals surface area contributed by atoms with Gasteiger partial charge in [0.25, 0.3) is 0 Å². The first-order valence-electron chi connectivity index (χ1n) is 8.50. The van der Waals surface area contributed by atoms with E-state index < -0.39 is 0 Å². The van der Waals surface area contributed by atoms with Crippen LogP contribution in [0.15, 0.2) is 60.7 Å². The largest absolute Gasteiger partial charge is 0.457 e. The quantitative estimate of drug-likeness (QED) is 0.601. The highest BCUT2D eigenvalue weighted by molar-refractivity contribution is 5.65. The van der Waals surface area contributed by atoms with Crippen molar-refractivity contribution in [2.24, 2.45) is 0 Å². The van der Waals surface area contributed by atoms with Crippen LogP contribution in [0, 0.1) is 0 Å². The minimum atomic E-state index is 0.827. The summed E-state index contributed by atoms with van der Waals surface area (Å²) in [4.78, 5) is 4.74. The van der Waals surface area contributed by atoms with E-state index in [2.05, 4.69) is 33.1 Å². The average molecular weight is 330 g/mol. The summed E-state index contributed by atoms with van der Waals surface area (Å²) in [7, 11) is 0. The first-order chi connectivity index (χ1) is 12.4. The number of nitrogens with zero attached hydrogens (tertiary/aromatic N) is 2. The van der Waals surface area contributed by atoms with Crippen LogP contribution in [0.3, 0.4) is 0 Å². The molecule has 0 saturated carbocycles. The van der Waals surface area contributed by atoms with Crippen molar-refractivity contribution in [3.05, 3.63) is 72.1 Å². The molecule has 0 atom stereocenters. The molecule has 0 aliphatic carbocycles. The Morgan fingerprint density at radius 3 is 2.60 bits per heavy atom. The molecule has 0 unspecified atom stereocenters. The van der Waals surface area contributed by atoms with E-state index in [1.165, 1.54) is 11.4 Å². The zero-order chi connectivity index (χ0) is 16.6. The summed E-state index contributed by atoms with van der Waals surface area (Å²) in [5.41, 5.74) is 5.58. The van der Waals surface area contributed by atoms with Gasteiger partial charge in [-0.05, 0) is 42.0 Å². The Morgan fingerprint density at radius 2 is 1.76 bits per heavy atom. The lowest BCUT2D eigenvalue weighted by atomic mass is 10.1. The van der Waals surface area contributed by atoms with E-state index in [1.54, 1.807) is 0 Å². The van der Waals surface area contributed by atoms with Crippen molar-refractivity contribution in [3.63, 3.8) is 0 Å². The minimum Gasteiger partial charge on any atom is -0.457 e. The number of nitrogens with one attached hydrogen (secondary N) is 2. The third-order valence-electron chi connectivity index (χ3n) is 4.56. The lowest BCUT2D eigenvalue weighted by Gasteiger charge is -2.11. The van der Waals surface area contributed by atoms with E-state index in [4.69, 9.17) is 9.72 Å². The SMILES string of the molecule is c1ccc(Oc2ccc(-c3cc4nc5c(n4[nH]3)CNCC5)cc2)cc1. The molecule has 0 bridgehead atoms. The number of para-hydroxylation sites is 1. The molecule has 1 aliphatic heterocycles. The molecule has 2 aromatic carbocycles. The van der Waals surface area contributed by atoms with Crippen molar-refractivity contribution in [2.45, 2.75) is 13.0 Å². The fourth-order valence-corrected chi connectivity index (χ4v) is 3.29. The van der Waals surface area contributed by atoms with Gasteiger partial charge in [0.05, 0.1) is 17.1 Å². The first-order valence-corrected chi connectivity index (χ1v) is 8.50. The molecule has 2 N–H and O–H groups in total. The summed E-state index contributed by atoms with van der Waals surface area (Å²) in [5, 5.41) is 6.86. The van der Waals surface area contributed by atoms with Gasteiger partial charge in [-0.25, -0.2) is 9.50 Å². The summed E-state index contributed by atoms with van der Waals surface area (Å²) in [6.07, 6.45) is 0.992. The Morgan fingerprint density at radius 1 is 0.960 bits per heavy atom. The zero-order valence-electron chi connectivity index (χ0n) is 13.7. The number of aromatic amines is 1. The van der Waals surface area contributed by atoms with Crippen molar-refractivity contribution < 1.29 is 4.74 Å². The van der Waals surface area contributed by atoms with E-state index >= 15 is 0 Å². The molecule has 0 spiro atoms. The van der Waals surface area contributed by atoms with Crippen molar-refractivity contribution in [3.8, 4) is 22.8 Å². The standard InChI is InChI=1S/C20H18N4O/c1-2-4-15(5-3-1)25-16-8-6-14(7-9-16)18-12-20-22-17-10-11-21-13-19(17)24(20)23-18/h1-9,12,21,23H,10-11,13H2. The molecule has 0 fully saturated rings. The molecule has 0 radical (unpaired) electrons. The van der Waals surface area contributed by atoms with Crippen LogP contribution in [0.25, 0.3) is 16.9 Å². The molecule has 4 aromatic rings. The fourth-order valence-electron chi connectivity index (χ4n) is 3.29. The van der Waals surface area contributed by atoms with E-state index in [0.717, 1.165) is 47.9 Å². The van der Waals surface area contributed by atoms with Gasteiger partial charge in [0.2, 0.25) is 0 Å². The Hall–Kier alpha value is -3.05. The maximum Gasteiger partial charge on any atom is 0.154 e. The zero-order valence-corrected chi connectivity index (χ0v) is 13.7. The summed E-state index contributed by atoms with van der Waals surface area (Å²) in [5.74, 6) is 1.67. The Labute approximate surface area is 145 Å². The van der Waals surface area contributed by atoms with Crippen LogP contribution in [-0.2, 0) is 13.0 Å². The molecule has 0 saturated heterocycles. The topological polar surface area (TPSA) is 54.4 Å².